The van der Waals surface area contributed by atoms with Crippen LogP contribution in [0.25, 0.3) is 0 Å². The van der Waals surface area contributed by atoms with Crippen LogP contribution in [0.4, 0.5) is 0 Å². The predicted octanol–water partition coefficient (Wildman–Crippen LogP) is 0.180. The second-order valence-electron chi connectivity index (χ2n) is 2.71. The van der Waals surface area contributed by atoms with Crippen molar-refractivity contribution in [3.05, 3.63) is 29.0 Å². The van der Waals surface area contributed by atoms with Crippen LogP contribution in [-0.4, -0.2) is 27.3 Å². The molecule has 2 atom stereocenters. The van der Waals surface area contributed by atoms with Gasteiger partial charge in [0.25, 0.3) is 0 Å². The Kier molecular flexibility index (Phi) is 3.40. The van der Waals surface area contributed by atoms with E-state index in [0.717, 1.165) is 0 Å². The Morgan fingerprint density at radius 2 is 2.29 bits per heavy atom. The maximum Gasteiger partial charge on any atom is 0.334 e. The van der Waals surface area contributed by atoms with Crippen LogP contribution in [0.3, 0.4) is 0 Å². The SMILES string of the molecule is N[C@H](c1cc(Cl)ccn1)[C@H](O)C(=O)O. The maximum absolute atomic E-state index is 10.4. The Morgan fingerprint density at radius 3 is 2.79 bits per heavy atom. The Hall–Kier alpha value is -1.17. The van der Waals surface area contributed by atoms with E-state index in [4.69, 9.17) is 27.5 Å². The first-order valence-corrected chi connectivity index (χ1v) is 4.18. The standard InChI is InChI=1S/C8H9ClN2O3/c9-4-1-2-11-5(3-4)6(10)7(12)8(13)14/h1-3,6-7,12H,10H2,(H,13,14)/t6-,7+/m1/s1. The average Bonchev–Trinajstić information content (AvgIpc) is 2.15. The van der Waals surface area contributed by atoms with Crippen LogP contribution < -0.4 is 5.73 Å². The molecule has 1 heterocycles. The molecule has 0 fully saturated rings. The molecule has 4 N–H and O–H groups in total. The number of halogens is 1. The summed E-state index contributed by atoms with van der Waals surface area (Å²) in [4.78, 5) is 14.2. The van der Waals surface area contributed by atoms with Crippen molar-refractivity contribution in [2.24, 2.45) is 5.73 Å². The van der Waals surface area contributed by atoms with Crippen molar-refractivity contribution in [2.45, 2.75) is 12.1 Å². The molecule has 14 heavy (non-hydrogen) atoms. The molecular formula is C8H9ClN2O3. The molecule has 1 aromatic rings. The molecule has 0 radical (unpaired) electrons. The zero-order valence-corrected chi connectivity index (χ0v) is 7.85. The maximum atomic E-state index is 10.4. The Morgan fingerprint density at radius 1 is 1.64 bits per heavy atom. The van der Waals surface area contributed by atoms with Crippen LogP contribution in [0.15, 0.2) is 18.3 Å². The van der Waals surface area contributed by atoms with E-state index in [-0.39, 0.29) is 5.69 Å². The molecule has 0 saturated heterocycles. The number of nitrogens with zero attached hydrogens (tertiary/aromatic N) is 1. The van der Waals surface area contributed by atoms with Gasteiger partial charge in [0.05, 0.1) is 11.7 Å². The van der Waals surface area contributed by atoms with Crippen molar-refractivity contribution in [1.29, 1.82) is 0 Å². The van der Waals surface area contributed by atoms with E-state index in [9.17, 15) is 4.79 Å². The molecule has 0 aliphatic heterocycles. The Labute approximate surface area is 85.1 Å². The number of hydrogen-bond donors (Lipinski definition) is 3. The smallest absolute Gasteiger partial charge is 0.334 e. The van der Waals surface area contributed by atoms with Gasteiger partial charge in [-0.25, -0.2) is 4.79 Å². The van der Waals surface area contributed by atoms with Gasteiger partial charge in [-0.05, 0) is 12.1 Å². The first-order chi connectivity index (χ1) is 6.52. The van der Waals surface area contributed by atoms with Gasteiger partial charge in [-0.15, -0.1) is 0 Å². The third-order valence-corrected chi connectivity index (χ3v) is 1.91. The minimum absolute atomic E-state index is 0.243. The van der Waals surface area contributed by atoms with Gasteiger partial charge in [-0.1, -0.05) is 11.6 Å². The highest BCUT2D eigenvalue weighted by Crippen LogP contribution is 2.16. The number of aliphatic hydroxyl groups is 1. The predicted molar refractivity (Wildman–Crippen MR) is 49.8 cm³/mol. The quantitative estimate of drug-likeness (QED) is 0.670. The summed E-state index contributed by atoms with van der Waals surface area (Å²) < 4.78 is 0. The first-order valence-electron chi connectivity index (χ1n) is 3.80. The summed E-state index contributed by atoms with van der Waals surface area (Å²) in [5.74, 6) is -1.39. The van der Waals surface area contributed by atoms with Crippen molar-refractivity contribution >= 4 is 17.6 Å². The van der Waals surface area contributed by atoms with Crippen molar-refractivity contribution < 1.29 is 15.0 Å². The highest BCUT2D eigenvalue weighted by atomic mass is 35.5. The monoisotopic (exact) mass is 216 g/mol. The number of carboxylic acids is 1. The molecule has 1 rings (SSSR count). The second-order valence-corrected chi connectivity index (χ2v) is 3.14. The molecule has 0 aromatic carbocycles. The summed E-state index contributed by atoms with van der Waals surface area (Å²) in [6.45, 7) is 0. The molecule has 0 saturated carbocycles. The summed E-state index contributed by atoms with van der Waals surface area (Å²) >= 11 is 5.65. The molecule has 1 aromatic heterocycles. The Balaban J connectivity index is 2.89. The number of aromatic nitrogens is 1. The molecule has 0 unspecified atom stereocenters. The molecule has 0 bridgehead atoms. The van der Waals surface area contributed by atoms with Gasteiger partial charge in [0, 0.05) is 11.2 Å². The van der Waals surface area contributed by atoms with Crippen LogP contribution >= 0.6 is 11.6 Å². The van der Waals surface area contributed by atoms with Gasteiger partial charge in [-0.2, -0.15) is 0 Å². The lowest BCUT2D eigenvalue weighted by Crippen LogP contribution is -2.33. The minimum Gasteiger partial charge on any atom is -0.479 e. The molecule has 6 heteroatoms. The number of carbonyl (C=O) groups is 1. The van der Waals surface area contributed by atoms with Crippen molar-refractivity contribution in [2.75, 3.05) is 0 Å². The summed E-state index contributed by atoms with van der Waals surface area (Å²) in [5, 5.41) is 18.0. The van der Waals surface area contributed by atoms with E-state index in [2.05, 4.69) is 4.98 Å². The summed E-state index contributed by atoms with van der Waals surface area (Å²) in [6, 6.07) is 1.87. The number of hydrogen-bond acceptors (Lipinski definition) is 4. The van der Waals surface area contributed by atoms with E-state index in [0.29, 0.717) is 5.02 Å². The zero-order valence-electron chi connectivity index (χ0n) is 7.09. The lowest BCUT2D eigenvalue weighted by molar-refractivity contribution is -0.147. The molecule has 0 spiro atoms. The van der Waals surface area contributed by atoms with Gasteiger partial charge >= 0.3 is 5.97 Å². The zero-order chi connectivity index (χ0) is 10.7. The van der Waals surface area contributed by atoms with E-state index in [1.54, 1.807) is 0 Å². The van der Waals surface area contributed by atoms with Crippen LogP contribution in [0.1, 0.15) is 11.7 Å². The van der Waals surface area contributed by atoms with E-state index >= 15 is 0 Å². The summed E-state index contributed by atoms with van der Waals surface area (Å²) in [7, 11) is 0. The fraction of sp³-hybridized carbons (Fsp3) is 0.250. The highest BCUT2D eigenvalue weighted by Gasteiger charge is 2.24. The Bertz CT molecular complexity index is 345. The van der Waals surface area contributed by atoms with Crippen LogP contribution in [-0.2, 0) is 4.79 Å². The second kappa shape index (κ2) is 4.36. The highest BCUT2D eigenvalue weighted by molar-refractivity contribution is 6.30. The first kappa shape index (κ1) is 10.9. The van der Waals surface area contributed by atoms with Crippen LogP contribution in [0.2, 0.25) is 5.02 Å². The van der Waals surface area contributed by atoms with Crippen molar-refractivity contribution in [1.82, 2.24) is 4.98 Å². The third-order valence-electron chi connectivity index (χ3n) is 1.68. The summed E-state index contributed by atoms with van der Waals surface area (Å²) in [6.07, 6.45) is -0.285. The number of aliphatic carboxylic acids is 1. The lowest BCUT2D eigenvalue weighted by atomic mass is 10.1. The lowest BCUT2D eigenvalue weighted by Gasteiger charge is -2.14. The number of pyridine rings is 1. The van der Waals surface area contributed by atoms with Crippen molar-refractivity contribution in [3.8, 4) is 0 Å². The molecule has 5 nitrogen and oxygen atoms in total. The largest absolute Gasteiger partial charge is 0.479 e. The third kappa shape index (κ3) is 2.41. The van der Waals surface area contributed by atoms with E-state index < -0.39 is 18.1 Å². The number of rotatable bonds is 3. The fourth-order valence-corrected chi connectivity index (χ4v) is 1.09. The molecule has 0 aliphatic rings. The van der Waals surface area contributed by atoms with Gasteiger partial charge < -0.3 is 15.9 Å². The molecular weight excluding hydrogens is 208 g/mol. The van der Waals surface area contributed by atoms with Gasteiger partial charge in [0.15, 0.2) is 6.10 Å². The fourth-order valence-electron chi connectivity index (χ4n) is 0.919. The molecule has 0 aliphatic carbocycles. The van der Waals surface area contributed by atoms with Gasteiger partial charge in [-0.3, -0.25) is 4.98 Å². The average molecular weight is 217 g/mol. The van der Waals surface area contributed by atoms with Gasteiger partial charge in [0.1, 0.15) is 0 Å². The number of carboxylic acid groups (broad SMARTS) is 1. The van der Waals surface area contributed by atoms with E-state index in [1.165, 1.54) is 18.3 Å². The van der Waals surface area contributed by atoms with E-state index in [1.807, 2.05) is 0 Å². The topological polar surface area (TPSA) is 96.4 Å². The van der Waals surface area contributed by atoms with Gasteiger partial charge in [0.2, 0.25) is 0 Å². The molecule has 0 amide bonds. The van der Waals surface area contributed by atoms with Crippen LogP contribution in [0, 0.1) is 0 Å². The number of aliphatic hydroxyl groups excluding tert-OH is 1. The summed E-state index contributed by atoms with van der Waals surface area (Å²) in [5.41, 5.74) is 5.70. The minimum atomic E-state index is -1.68. The molecule has 76 valence electrons. The van der Waals surface area contributed by atoms with Crippen LogP contribution in [0.5, 0.6) is 0 Å². The normalized spacial score (nSPS) is 14.8. The number of nitrogens with two attached hydrogens (primary N) is 1. The van der Waals surface area contributed by atoms with Crippen molar-refractivity contribution in [3.63, 3.8) is 0 Å².